The largest absolute Gasteiger partial charge is 0.489 e. The zero-order valence-corrected chi connectivity index (χ0v) is 36.2. The summed E-state index contributed by atoms with van der Waals surface area (Å²) in [6.45, 7) is 5.36. The Morgan fingerprint density at radius 1 is 0.855 bits per heavy atom. The summed E-state index contributed by atoms with van der Waals surface area (Å²) in [7, 11) is 0. The lowest BCUT2D eigenvalue weighted by Crippen LogP contribution is -2.55. The molecule has 1 amide bonds. The first-order valence-electron chi connectivity index (χ1n) is 21.2. The number of rotatable bonds is 15. The summed E-state index contributed by atoms with van der Waals surface area (Å²) in [5.74, 6) is 0.550. The molecule has 2 N–H and O–H groups in total. The normalized spacial score (nSPS) is 16.8. The van der Waals surface area contributed by atoms with Crippen LogP contribution in [0.15, 0.2) is 128 Å². The number of nitrogens with one attached hydrogen (secondary N) is 1. The second kappa shape index (κ2) is 19.5. The van der Waals surface area contributed by atoms with Crippen LogP contribution in [0.3, 0.4) is 0 Å². The number of nitrogens with zero attached hydrogens (tertiary/aromatic N) is 2. The number of aryl methyl sites for hydroxylation is 1. The average molecular weight is 871 g/mol. The van der Waals surface area contributed by atoms with Gasteiger partial charge in [0.1, 0.15) is 25.0 Å². The molecule has 0 saturated heterocycles. The summed E-state index contributed by atoms with van der Waals surface area (Å²) in [5, 5.41) is 14.3. The molecule has 3 heterocycles. The molecule has 9 nitrogen and oxygen atoms in total. The van der Waals surface area contributed by atoms with Crippen molar-refractivity contribution in [1.82, 2.24) is 15.2 Å². The van der Waals surface area contributed by atoms with Crippen molar-refractivity contribution in [3.8, 4) is 28.4 Å². The van der Waals surface area contributed by atoms with Crippen molar-refractivity contribution in [2.75, 3.05) is 6.61 Å². The van der Waals surface area contributed by atoms with Crippen molar-refractivity contribution in [1.29, 1.82) is 0 Å². The third-order valence-corrected chi connectivity index (χ3v) is 12.4. The number of carboxylic acid groups (broad SMARTS) is 1. The van der Waals surface area contributed by atoms with E-state index < -0.39 is 18.1 Å². The van der Waals surface area contributed by atoms with Gasteiger partial charge in [-0.1, -0.05) is 116 Å². The fraction of sp³-hybridized carbons (Fsp3) is 0.275. The quantitative estimate of drug-likeness (QED) is 0.105. The summed E-state index contributed by atoms with van der Waals surface area (Å²) in [5.41, 5.74) is 8.89. The van der Waals surface area contributed by atoms with Crippen molar-refractivity contribution in [3.05, 3.63) is 177 Å². The van der Waals surface area contributed by atoms with Crippen LogP contribution in [0.2, 0.25) is 10.0 Å². The van der Waals surface area contributed by atoms with Gasteiger partial charge >= 0.3 is 5.97 Å². The fourth-order valence-electron chi connectivity index (χ4n) is 8.41. The third-order valence-electron chi connectivity index (χ3n) is 11.7. The highest BCUT2D eigenvalue weighted by Gasteiger charge is 2.39. The van der Waals surface area contributed by atoms with E-state index in [1.807, 2.05) is 97.2 Å². The average Bonchev–Trinajstić information content (AvgIpc) is 3.29. The van der Waals surface area contributed by atoms with E-state index in [2.05, 4.69) is 47.2 Å². The van der Waals surface area contributed by atoms with Gasteiger partial charge in [-0.3, -0.25) is 14.7 Å². The van der Waals surface area contributed by atoms with Gasteiger partial charge in [-0.15, -0.1) is 0 Å². The lowest BCUT2D eigenvalue weighted by atomic mass is 9.89. The van der Waals surface area contributed by atoms with Crippen LogP contribution in [-0.2, 0) is 42.0 Å². The molecule has 0 fully saturated rings. The summed E-state index contributed by atoms with van der Waals surface area (Å²) >= 11 is 12.2. The topological polar surface area (TPSA) is 110 Å². The lowest BCUT2D eigenvalue weighted by molar-refractivity contribution is -0.143. The molecule has 0 aliphatic carbocycles. The Labute approximate surface area is 372 Å². The van der Waals surface area contributed by atoms with Crippen LogP contribution >= 0.6 is 23.2 Å². The van der Waals surface area contributed by atoms with Gasteiger partial charge in [-0.2, -0.15) is 0 Å². The first kappa shape index (κ1) is 42.8. The summed E-state index contributed by atoms with van der Waals surface area (Å²) in [4.78, 5) is 33.9. The number of aromatic nitrogens is 1. The molecule has 0 bridgehead atoms. The molecule has 318 valence electrons. The number of amides is 1. The number of fused-ring (bicyclic) bond motifs is 2. The Kier molecular flexibility index (Phi) is 13.4. The Hall–Kier alpha value is -5.87. The highest BCUT2D eigenvalue weighted by atomic mass is 35.5. The molecule has 0 radical (unpaired) electrons. The van der Waals surface area contributed by atoms with Crippen LogP contribution in [0.25, 0.3) is 11.1 Å². The van der Waals surface area contributed by atoms with Gasteiger partial charge in [-0.05, 0) is 112 Å². The van der Waals surface area contributed by atoms with Crippen molar-refractivity contribution in [2.24, 2.45) is 0 Å². The number of carboxylic acids is 1. The molecule has 11 heteroatoms. The molecule has 2 aliphatic heterocycles. The van der Waals surface area contributed by atoms with Crippen LogP contribution in [0.5, 0.6) is 17.2 Å². The number of ether oxygens (including phenoxy) is 3. The van der Waals surface area contributed by atoms with Crippen molar-refractivity contribution in [3.63, 3.8) is 0 Å². The molecule has 5 aromatic carbocycles. The second-order valence-electron chi connectivity index (χ2n) is 15.9. The Balaban J connectivity index is 0.984. The van der Waals surface area contributed by atoms with Gasteiger partial charge in [0, 0.05) is 30.9 Å². The molecule has 4 atom stereocenters. The summed E-state index contributed by atoms with van der Waals surface area (Å²) in [6, 6.07) is 37.5. The SMILES string of the molecule is CCCc1cc(-c2ccc(C[C@H](NC(=O)[C@@H]3Cc4cc5c(cc4CN3[C@@H](CC)c3ccccc3)O[C@@H](c3ccc(OCc4ccc(Cl)c(Cl)c4)cc3)CO5)C(=O)O)cc2)ccn1. The van der Waals surface area contributed by atoms with E-state index in [0.717, 1.165) is 69.5 Å². The number of carbonyl (C=O) groups excluding carboxylic acids is 1. The molecule has 0 saturated carbocycles. The van der Waals surface area contributed by atoms with Gasteiger partial charge in [0.15, 0.2) is 17.6 Å². The van der Waals surface area contributed by atoms with E-state index in [1.54, 1.807) is 12.1 Å². The van der Waals surface area contributed by atoms with Gasteiger partial charge in [0.25, 0.3) is 0 Å². The van der Waals surface area contributed by atoms with Crippen LogP contribution in [0.4, 0.5) is 0 Å². The molecule has 8 rings (SSSR count). The number of pyridine rings is 1. The predicted octanol–water partition coefficient (Wildman–Crippen LogP) is 10.8. The number of hydrogen-bond donors (Lipinski definition) is 2. The zero-order chi connectivity index (χ0) is 43.2. The predicted molar refractivity (Wildman–Crippen MR) is 242 cm³/mol. The maximum atomic E-state index is 14.5. The Morgan fingerprint density at radius 2 is 1.61 bits per heavy atom. The Bertz CT molecular complexity index is 2520. The number of hydrogen-bond acceptors (Lipinski definition) is 7. The van der Waals surface area contributed by atoms with Gasteiger partial charge in [-0.25, -0.2) is 4.79 Å². The van der Waals surface area contributed by atoms with Crippen molar-refractivity contribution in [2.45, 2.75) is 83.3 Å². The van der Waals surface area contributed by atoms with Gasteiger partial charge in [0.2, 0.25) is 5.91 Å². The standard InChI is InChI=1S/C51H49Cl2N3O6/c1-3-8-40-25-37(21-22-54-40)34-14-11-32(12-15-34)24-44(51(58)59)55-50(57)46-26-38-27-47-48(28-39(38)29-56(46)45(4-2)35-9-6-5-7-10-35)62-49(31-61-47)36-16-18-41(19-17-36)60-30-33-13-20-42(52)43(53)23-33/h5-7,9-23,25,27-28,44-46,49H,3-4,8,24,26,29-31H2,1-2H3,(H,55,57)(H,58,59)/t44-,45-,46-,49+/m0/s1. The number of carbonyl (C=O) groups is 2. The summed E-state index contributed by atoms with van der Waals surface area (Å²) in [6.07, 6.45) is 4.67. The minimum Gasteiger partial charge on any atom is -0.489 e. The first-order valence-corrected chi connectivity index (χ1v) is 21.9. The Morgan fingerprint density at radius 3 is 2.34 bits per heavy atom. The molecular weight excluding hydrogens is 821 g/mol. The van der Waals surface area contributed by atoms with Crippen molar-refractivity contribution < 1.29 is 28.9 Å². The molecule has 6 aromatic rings. The van der Waals surface area contributed by atoms with E-state index >= 15 is 0 Å². The minimum atomic E-state index is -1.12. The van der Waals surface area contributed by atoms with Crippen LogP contribution < -0.4 is 19.5 Å². The number of halogens is 2. The summed E-state index contributed by atoms with van der Waals surface area (Å²) < 4.78 is 18.9. The molecule has 0 unspecified atom stereocenters. The third kappa shape index (κ3) is 9.92. The minimum absolute atomic E-state index is 0.0969. The van der Waals surface area contributed by atoms with E-state index in [-0.39, 0.29) is 24.5 Å². The smallest absolute Gasteiger partial charge is 0.326 e. The van der Waals surface area contributed by atoms with Crippen LogP contribution in [0, 0.1) is 0 Å². The highest BCUT2D eigenvalue weighted by Crippen LogP contribution is 2.43. The first-order chi connectivity index (χ1) is 30.1. The van der Waals surface area contributed by atoms with Gasteiger partial charge < -0.3 is 24.6 Å². The van der Waals surface area contributed by atoms with Gasteiger partial charge in [0.05, 0.1) is 16.1 Å². The van der Waals surface area contributed by atoms with Crippen LogP contribution in [0.1, 0.15) is 77.9 Å². The van der Waals surface area contributed by atoms with E-state index in [0.29, 0.717) is 53.5 Å². The van der Waals surface area contributed by atoms with E-state index in [1.165, 1.54) is 0 Å². The number of benzene rings is 5. The van der Waals surface area contributed by atoms with E-state index in [4.69, 9.17) is 37.4 Å². The molecule has 0 spiro atoms. The van der Waals surface area contributed by atoms with E-state index in [9.17, 15) is 14.7 Å². The second-order valence-corrected chi connectivity index (χ2v) is 16.7. The molecule has 62 heavy (non-hydrogen) atoms. The zero-order valence-electron chi connectivity index (χ0n) is 34.7. The highest BCUT2D eigenvalue weighted by molar-refractivity contribution is 6.42. The van der Waals surface area contributed by atoms with Crippen molar-refractivity contribution >= 4 is 35.1 Å². The number of aliphatic carboxylic acids is 1. The monoisotopic (exact) mass is 869 g/mol. The lowest BCUT2D eigenvalue weighted by Gasteiger charge is -2.42. The molecule has 1 aromatic heterocycles. The maximum Gasteiger partial charge on any atom is 0.326 e. The molecular formula is C51H49Cl2N3O6. The molecule has 2 aliphatic rings. The van der Waals surface area contributed by atoms with Crippen LogP contribution in [-0.4, -0.2) is 45.6 Å². The fourth-order valence-corrected chi connectivity index (χ4v) is 8.73. The maximum absolute atomic E-state index is 14.5.